The van der Waals surface area contributed by atoms with Crippen LogP contribution in [0.5, 0.6) is 0 Å². The highest BCUT2D eigenvalue weighted by atomic mass is 16.2. The Bertz CT molecular complexity index is 1190. The third kappa shape index (κ3) is 3.89. The van der Waals surface area contributed by atoms with E-state index in [9.17, 15) is 9.59 Å². The van der Waals surface area contributed by atoms with Crippen molar-refractivity contribution in [2.75, 3.05) is 0 Å². The van der Waals surface area contributed by atoms with Gasteiger partial charge in [0.05, 0.1) is 34.3 Å². The Hall–Kier alpha value is -3.48. The predicted octanol–water partition coefficient (Wildman–Crippen LogP) is 3.18. The van der Waals surface area contributed by atoms with Crippen LogP contribution < -0.4 is 10.9 Å². The van der Waals surface area contributed by atoms with E-state index in [1.54, 1.807) is 12.1 Å². The second kappa shape index (κ2) is 7.87. The Morgan fingerprint density at radius 2 is 1.83 bits per heavy atom. The Kier molecular flexibility index (Phi) is 5.12. The number of nitrogens with zero attached hydrogens (tertiary/aromatic N) is 3. The number of rotatable bonds is 6. The smallest absolute Gasteiger partial charge is 0.261 e. The predicted molar refractivity (Wildman–Crippen MR) is 112 cm³/mol. The van der Waals surface area contributed by atoms with Gasteiger partial charge in [0.25, 0.3) is 5.56 Å². The van der Waals surface area contributed by atoms with Gasteiger partial charge in [-0.1, -0.05) is 38.1 Å². The second-order valence-corrected chi connectivity index (χ2v) is 7.44. The van der Waals surface area contributed by atoms with Gasteiger partial charge in [-0.05, 0) is 30.2 Å². The molecule has 0 fully saturated rings. The summed E-state index contributed by atoms with van der Waals surface area (Å²) in [5.41, 5.74) is 2.33. The third-order valence-electron chi connectivity index (χ3n) is 5.00. The minimum atomic E-state index is -0.235. The summed E-state index contributed by atoms with van der Waals surface area (Å²) in [6.07, 6.45) is 1.68. The van der Waals surface area contributed by atoms with Crippen molar-refractivity contribution in [2.24, 2.45) is 5.92 Å². The van der Waals surface area contributed by atoms with E-state index in [0.717, 1.165) is 16.9 Å². The molecule has 7 heteroatoms. The van der Waals surface area contributed by atoms with Crippen LogP contribution in [-0.2, 0) is 11.3 Å². The number of aromatic amines is 1. The van der Waals surface area contributed by atoms with E-state index < -0.39 is 0 Å². The van der Waals surface area contributed by atoms with Gasteiger partial charge in [-0.2, -0.15) is 0 Å². The van der Waals surface area contributed by atoms with Crippen molar-refractivity contribution in [2.45, 2.75) is 32.9 Å². The number of imidazole rings is 1. The van der Waals surface area contributed by atoms with Crippen molar-refractivity contribution in [3.05, 3.63) is 71.0 Å². The maximum atomic E-state index is 12.6. The molecular weight excluding hydrogens is 366 g/mol. The van der Waals surface area contributed by atoms with Gasteiger partial charge in [-0.25, -0.2) is 9.97 Å². The molecule has 2 N–H and O–H groups in total. The fourth-order valence-electron chi connectivity index (χ4n) is 3.40. The SMILES string of the molecule is CC(C)C(NC(=O)CCn1cnc2ccccc2c1=O)c1nc2ccccc2[nH]1. The van der Waals surface area contributed by atoms with Gasteiger partial charge in [-0.3, -0.25) is 14.2 Å². The first-order chi connectivity index (χ1) is 14.0. The average Bonchev–Trinajstić information content (AvgIpc) is 3.15. The lowest BCUT2D eigenvalue weighted by molar-refractivity contribution is -0.122. The number of carbonyl (C=O) groups excluding carboxylic acids is 1. The number of amides is 1. The molecule has 2 heterocycles. The molecule has 0 radical (unpaired) electrons. The molecule has 1 atom stereocenters. The molecule has 0 aliphatic carbocycles. The van der Waals surface area contributed by atoms with Crippen LogP contribution in [0.2, 0.25) is 0 Å². The molecule has 4 rings (SSSR count). The van der Waals surface area contributed by atoms with E-state index in [4.69, 9.17) is 0 Å². The number of carbonyl (C=O) groups is 1. The molecule has 1 amide bonds. The zero-order valence-corrected chi connectivity index (χ0v) is 16.4. The molecular formula is C22H23N5O2. The molecule has 0 saturated heterocycles. The van der Waals surface area contributed by atoms with Gasteiger partial charge in [0, 0.05) is 13.0 Å². The molecule has 2 aromatic carbocycles. The lowest BCUT2D eigenvalue weighted by Gasteiger charge is -2.20. The van der Waals surface area contributed by atoms with Crippen LogP contribution in [0.4, 0.5) is 0 Å². The zero-order chi connectivity index (χ0) is 20.4. The fraction of sp³-hybridized carbons (Fsp3) is 0.273. The maximum Gasteiger partial charge on any atom is 0.261 e. The highest BCUT2D eigenvalue weighted by Crippen LogP contribution is 2.22. The lowest BCUT2D eigenvalue weighted by atomic mass is 10.0. The summed E-state index contributed by atoms with van der Waals surface area (Å²) in [5, 5.41) is 3.61. The molecule has 4 aromatic rings. The van der Waals surface area contributed by atoms with Gasteiger partial charge < -0.3 is 10.3 Å². The van der Waals surface area contributed by atoms with Gasteiger partial charge in [-0.15, -0.1) is 0 Å². The summed E-state index contributed by atoms with van der Waals surface area (Å²) >= 11 is 0. The maximum absolute atomic E-state index is 12.6. The van der Waals surface area contributed by atoms with Crippen molar-refractivity contribution in [3.63, 3.8) is 0 Å². The van der Waals surface area contributed by atoms with Crippen molar-refractivity contribution in [1.82, 2.24) is 24.8 Å². The quantitative estimate of drug-likeness (QED) is 0.530. The van der Waals surface area contributed by atoms with Crippen LogP contribution in [0.3, 0.4) is 0 Å². The average molecular weight is 389 g/mol. The number of aryl methyl sites for hydroxylation is 1. The number of hydrogen-bond donors (Lipinski definition) is 2. The zero-order valence-electron chi connectivity index (χ0n) is 16.4. The number of fused-ring (bicyclic) bond motifs is 2. The van der Waals surface area contributed by atoms with E-state index >= 15 is 0 Å². The van der Waals surface area contributed by atoms with Crippen LogP contribution in [-0.4, -0.2) is 25.4 Å². The summed E-state index contributed by atoms with van der Waals surface area (Å²) in [5.74, 6) is 0.757. The van der Waals surface area contributed by atoms with E-state index in [-0.39, 0.29) is 36.4 Å². The second-order valence-electron chi connectivity index (χ2n) is 7.44. The molecule has 0 aliphatic heterocycles. The number of H-pyrrole nitrogens is 1. The molecule has 0 bridgehead atoms. The summed E-state index contributed by atoms with van der Waals surface area (Å²) in [7, 11) is 0. The summed E-state index contributed by atoms with van der Waals surface area (Å²) in [6.45, 7) is 4.35. The van der Waals surface area contributed by atoms with Crippen molar-refractivity contribution >= 4 is 27.8 Å². The van der Waals surface area contributed by atoms with Gasteiger partial charge >= 0.3 is 0 Å². The van der Waals surface area contributed by atoms with Crippen LogP contribution in [0.1, 0.15) is 32.1 Å². The summed E-state index contributed by atoms with van der Waals surface area (Å²) in [4.78, 5) is 37.4. The molecule has 1 unspecified atom stereocenters. The highest BCUT2D eigenvalue weighted by Gasteiger charge is 2.21. The standard InChI is InChI=1S/C22H23N5O2/c1-14(2)20(21-24-17-9-5-6-10-18(17)25-21)26-19(28)11-12-27-13-23-16-8-4-3-7-15(16)22(27)29/h3-10,13-14,20H,11-12H2,1-2H3,(H,24,25)(H,26,28). The molecule has 0 spiro atoms. The molecule has 2 aromatic heterocycles. The number of nitrogens with one attached hydrogen (secondary N) is 2. The first kappa shape index (κ1) is 18.9. The highest BCUT2D eigenvalue weighted by molar-refractivity contribution is 5.78. The summed E-state index contributed by atoms with van der Waals surface area (Å²) in [6, 6.07) is 14.7. The molecule has 0 saturated carbocycles. The molecule has 148 valence electrons. The van der Waals surface area contributed by atoms with E-state index in [2.05, 4.69) is 20.3 Å². The third-order valence-corrected chi connectivity index (χ3v) is 5.00. The van der Waals surface area contributed by atoms with E-state index in [0.29, 0.717) is 10.9 Å². The first-order valence-corrected chi connectivity index (χ1v) is 9.71. The van der Waals surface area contributed by atoms with Gasteiger partial charge in [0.15, 0.2) is 0 Å². The van der Waals surface area contributed by atoms with Crippen molar-refractivity contribution in [1.29, 1.82) is 0 Å². The Balaban J connectivity index is 1.48. The van der Waals surface area contributed by atoms with Gasteiger partial charge in [0.1, 0.15) is 5.82 Å². The molecule has 0 aliphatic rings. The Labute approximate surface area is 167 Å². The number of benzene rings is 2. The Morgan fingerprint density at radius 3 is 2.59 bits per heavy atom. The number of para-hydroxylation sites is 3. The monoisotopic (exact) mass is 389 g/mol. The largest absolute Gasteiger partial charge is 0.346 e. The topological polar surface area (TPSA) is 92.7 Å². The van der Waals surface area contributed by atoms with Crippen LogP contribution >= 0.6 is 0 Å². The van der Waals surface area contributed by atoms with Crippen LogP contribution in [0.25, 0.3) is 21.9 Å². The van der Waals surface area contributed by atoms with Crippen molar-refractivity contribution in [3.8, 4) is 0 Å². The van der Waals surface area contributed by atoms with Crippen LogP contribution in [0, 0.1) is 5.92 Å². The molecule has 29 heavy (non-hydrogen) atoms. The minimum absolute atomic E-state index is 0.135. The van der Waals surface area contributed by atoms with E-state index in [1.807, 2.05) is 50.2 Å². The number of hydrogen-bond acceptors (Lipinski definition) is 4. The van der Waals surface area contributed by atoms with Crippen LogP contribution in [0.15, 0.2) is 59.7 Å². The lowest BCUT2D eigenvalue weighted by Crippen LogP contribution is -2.33. The number of aromatic nitrogens is 4. The van der Waals surface area contributed by atoms with Crippen molar-refractivity contribution < 1.29 is 4.79 Å². The minimum Gasteiger partial charge on any atom is -0.346 e. The fourth-order valence-corrected chi connectivity index (χ4v) is 3.40. The summed E-state index contributed by atoms with van der Waals surface area (Å²) < 4.78 is 1.48. The molecule has 7 nitrogen and oxygen atoms in total. The van der Waals surface area contributed by atoms with E-state index in [1.165, 1.54) is 10.9 Å². The Morgan fingerprint density at radius 1 is 1.10 bits per heavy atom. The van der Waals surface area contributed by atoms with Gasteiger partial charge in [0.2, 0.25) is 5.91 Å². The normalized spacial score (nSPS) is 12.5. The first-order valence-electron chi connectivity index (χ1n) is 9.71.